The van der Waals surface area contributed by atoms with Crippen LogP contribution in [0.25, 0.3) is 16.8 Å². The van der Waals surface area contributed by atoms with Crippen molar-refractivity contribution in [1.29, 1.82) is 0 Å². The van der Waals surface area contributed by atoms with Crippen LogP contribution in [-0.4, -0.2) is 21.1 Å². The zero-order chi connectivity index (χ0) is 18.2. The Hall–Kier alpha value is -2.07. The van der Waals surface area contributed by atoms with E-state index in [1.807, 2.05) is 35.0 Å². The Morgan fingerprint density at radius 3 is 2.44 bits per heavy atom. The SMILES string of the molecule is CC(C)CNc1cc(C(C)(C)C)nc2c(-c3ccc(Cl)cc3)cnn12. The van der Waals surface area contributed by atoms with Gasteiger partial charge in [0.15, 0.2) is 5.65 Å². The predicted molar refractivity (Wildman–Crippen MR) is 105 cm³/mol. The summed E-state index contributed by atoms with van der Waals surface area (Å²) in [6.07, 6.45) is 1.87. The van der Waals surface area contributed by atoms with Crippen LogP contribution in [0, 0.1) is 5.92 Å². The van der Waals surface area contributed by atoms with Crippen LogP contribution in [0.2, 0.25) is 5.02 Å². The summed E-state index contributed by atoms with van der Waals surface area (Å²) in [4.78, 5) is 4.92. The Labute approximate surface area is 154 Å². The van der Waals surface area contributed by atoms with Gasteiger partial charge in [-0.15, -0.1) is 0 Å². The Kier molecular flexibility index (Phi) is 4.74. The third-order valence-corrected chi connectivity index (χ3v) is 4.34. The maximum absolute atomic E-state index is 6.03. The van der Waals surface area contributed by atoms with Crippen LogP contribution in [0.15, 0.2) is 36.5 Å². The first kappa shape index (κ1) is 17.7. The van der Waals surface area contributed by atoms with E-state index in [-0.39, 0.29) is 5.41 Å². The molecule has 0 radical (unpaired) electrons. The molecule has 0 aliphatic heterocycles. The lowest BCUT2D eigenvalue weighted by atomic mass is 9.92. The number of aromatic nitrogens is 3. The van der Waals surface area contributed by atoms with Gasteiger partial charge in [-0.2, -0.15) is 9.61 Å². The minimum absolute atomic E-state index is 0.0441. The second-order valence-electron chi connectivity index (χ2n) is 7.85. The summed E-state index contributed by atoms with van der Waals surface area (Å²) in [5.41, 5.74) is 3.93. The predicted octanol–water partition coefficient (Wildman–Crippen LogP) is 5.42. The Bertz CT molecular complexity index is 873. The van der Waals surface area contributed by atoms with Gasteiger partial charge in [0.1, 0.15) is 5.82 Å². The average Bonchev–Trinajstić information content (AvgIpc) is 2.96. The molecule has 4 nitrogen and oxygen atoms in total. The molecule has 132 valence electrons. The van der Waals surface area contributed by atoms with Crippen LogP contribution in [0.4, 0.5) is 5.82 Å². The maximum atomic E-state index is 6.03. The van der Waals surface area contributed by atoms with E-state index < -0.39 is 0 Å². The van der Waals surface area contributed by atoms with Crippen molar-refractivity contribution in [2.75, 3.05) is 11.9 Å². The molecule has 0 aliphatic carbocycles. The van der Waals surface area contributed by atoms with Crippen LogP contribution in [0.1, 0.15) is 40.3 Å². The molecule has 0 saturated heterocycles. The molecule has 1 N–H and O–H groups in total. The van der Waals surface area contributed by atoms with E-state index in [0.717, 1.165) is 39.9 Å². The largest absolute Gasteiger partial charge is 0.370 e. The topological polar surface area (TPSA) is 42.2 Å². The number of halogens is 1. The summed E-state index contributed by atoms with van der Waals surface area (Å²) in [6.45, 7) is 11.8. The fourth-order valence-corrected chi connectivity index (χ4v) is 2.74. The van der Waals surface area contributed by atoms with Gasteiger partial charge in [-0.05, 0) is 23.6 Å². The molecule has 0 amide bonds. The van der Waals surface area contributed by atoms with Gasteiger partial charge in [-0.25, -0.2) is 4.98 Å². The number of nitrogens with zero attached hydrogens (tertiary/aromatic N) is 3. The number of benzene rings is 1. The van der Waals surface area contributed by atoms with Crippen molar-refractivity contribution in [3.05, 3.63) is 47.2 Å². The summed E-state index contributed by atoms with van der Waals surface area (Å²) in [5.74, 6) is 1.52. The molecule has 0 fully saturated rings. The third kappa shape index (κ3) is 3.79. The Morgan fingerprint density at radius 2 is 1.84 bits per heavy atom. The van der Waals surface area contributed by atoms with Crippen molar-refractivity contribution in [2.24, 2.45) is 5.92 Å². The van der Waals surface area contributed by atoms with Gasteiger partial charge in [0.2, 0.25) is 0 Å². The van der Waals surface area contributed by atoms with Crippen LogP contribution in [-0.2, 0) is 5.41 Å². The first-order valence-corrected chi connectivity index (χ1v) is 9.02. The number of nitrogens with one attached hydrogen (secondary N) is 1. The highest BCUT2D eigenvalue weighted by Gasteiger charge is 2.20. The highest BCUT2D eigenvalue weighted by atomic mass is 35.5. The molecule has 0 bridgehead atoms. The standard InChI is InChI=1S/C20H25ClN4/c1-13(2)11-22-18-10-17(20(3,4)5)24-19-16(12-23-25(18)19)14-6-8-15(21)9-7-14/h6-10,12-13,22H,11H2,1-5H3. The molecule has 3 aromatic rings. The van der Waals surface area contributed by atoms with Crippen LogP contribution in [0.3, 0.4) is 0 Å². The molecule has 0 saturated carbocycles. The van der Waals surface area contributed by atoms with E-state index in [4.69, 9.17) is 16.6 Å². The van der Waals surface area contributed by atoms with E-state index in [9.17, 15) is 0 Å². The molecule has 2 heterocycles. The number of rotatable bonds is 4. The zero-order valence-electron chi connectivity index (χ0n) is 15.5. The third-order valence-electron chi connectivity index (χ3n) is 4.09. The van der Waals surface area contributed by atoms with E-state index >= 15 is 0 Å². The van der Waals surface area contributed by atoms with Gasteiger partial charge >= 0.3 is 0 Å². The maximum Gasteiger partial charge on any atom is 0.165 e. The summed E-state index contributed by atoms with van der Waals surface area (Å²) < 4.78 is 1.89. The van der Waals surface area contributed by atoms with Gasteiger partial charge in [0.25, 0.3) is 0 Å². The molecule has 25 heavy (non-hydrogen) atoms. The molecule has 1 aromatic carbocycles. The Morgan fingerprint density at radius 1 is 1.16 bits per heavy atom. The van der Waals surface area contributed by atoms with E-state index in [1.54, 1.807) is 0 Å². The van der Waals surface area contributed by atoms with E-state index in [2.05, 4.69) is 51.1 Å². The van der Waals surface area contributed by atoms with E-state index in [0.29, 0.717) is 5.92 Å². The van der Waals surface area contributed by atoms with Gasteiger partial charge in [-0.1, -0.05) is 58.4 Å². The van der Waals surface area contributed by atoms with Crippen molar-refractivity contribution in [1.82, 2.24) is 14.6 Å². The molecule has 5 heteroatoms. The van der Waals surface area contributed by atoms with Crippen LogP contribution in [0.5, 0.6) is 0 Å². The van der Waals surface area contributed by atoms with Crippen molar-refractivity contribution in [3.63, 3.8) is 0 Å². The molecule has 0 spiro atoms. The van der Waals surface area contributed by atoms with Gasteiger partial charge in [0, 0.05) is 28.6 Å². The minimum Gasteiger partial charge on any atom is -0.370 e. The highest BCUT2D eigenvalue weighted by molar-refractivity contribution is 6.30. The Balaban J connectivity index is 2.17. The van der Waals surface area contributed by atoms with Crippen molar-refractivity contribution in [2.45, 2.75) is 40.0 Å². The second kappa shape index (κ2) is 6.68. The fraction of sp³-hybridized carbons (Fsp3) is 0.400. The first-order chi connectivity index (χ1) is 11.8. The number of anilines is 1. The lowest BCUT2D eigenvalue weighted by Crippen LogP contribution is -2.18. The summed E-state index contributed by atoms with van der Waals surface area (Å²) in [7, 11) is 0. The molecule has 0 aliphatic rings. The molecular formula is C20H25ClN4. The van der Waals surface area contributed by atoms with Gasteiger partial charge < -0.3 is 5.32 Å². The lowest BCUT2D eigenvalue weighted by molar-refractivity contribution is 0.568. The molecule has 2 aromatic heterocycles. The summed E-state index contributed by atoms with van der Waals surface area (Å²) in [6, 6.07) is 9.91. The smallest absolute Gasteiger partial charge is 0.165 e. The summed E-state index contributed by atoms with van der Waals surface area (Å²) >= 11 is 6.03. The van der Waals surface area contributed by atoms with Crippen molar-refractivity contribution in [3.8, 4) is 11.1 Å². The zero-order valence-corrected chi connectivity index (χ0v) is 16.2. The number of hydrogen-bond donors (Lipinski definition) is 1. The number of hydrogen-bond acceptors (Lipinski definition) is 3. The van der Waals surface area contributed by atoms with Gasteiger partial charge in [0.05, 0.1) is 11.9 Å². The van der Waals surface area contributed by atoms with Crippen LogP contribution < -0.4 is 5.32 Å². The van der Waals surface area contributed by atoms with Crippen LogP contribution >= 0.6 is 11.6 Å². The normalized spacial score (nSPS) is 12.1. The molecule has 0 atom stereocenters. The highest BCUT2D eigenvalue weighted by Crippen LogP contribution is 2.30. The quantitative estimate of drug-likeness (QED) is 0.679. The van der Waals surface area contributed by atoms with Crippen molar-refractivity contribution >= 4 is 23.1 Å². The van der Waals surface area contributed by atoms with E-state index in [1.165, 1.54) is 0 Å². The average molecular weight is 357 g/mol. The summed E-state index contributed by atoms with van der Waals surface area (Å²) in [5, 5.41) is 8.81. The minimum atomic E-state index is -0.0441. The first-order valence-electron chi connectivity index (χ1n) is 8.65. The molecule has 0 unspecified atom stereocenters. The number of fused-ring (bicyclic) bond motifs is 1. The van der Waals surface area contributed by atoms with Crippen molar-refractivity contribution < 1.29 is 0 Å². The lowest BCUT2D eigenvalue weighted by Gasteiger charge is -2.20. The monoisotopic (exact) mass is 356 g/mol. The molecule has 3 rings (SSSR count). The molecular weight excluding hydrogens is 332 g/mol. The van der Waals surface area contributed by atoms with Gasteiger partial charge in [-0.3, -0.25) is 0 Å². The second-order valence-corrected chi connectivity index (χ2v) is 8.29. The fourth-order valence-electron chi connectivity index (χ4n) is 2.61.